The fourth-order valence-corrected chi connectivity index (χ4v) is 3.37. The minimum atomic E-state index is -0.149. The van der Waals surface area contributed by atoms with Gasteiger partial charge in [-0.05, 0) is 37.0 Å². The maximum Gasteiger partial charge on any atom is 0.262 e. The molecule has 0 amide bonds. The second-order valence-corrected chi connectivity index (χ2v) is 6.46. The number of nitrogens with one attached hydrogen (secondary N) is 2. The summed E-state index contributed by atoms with van der Waals surface area (Å²) < 4.78 is 0. The monoisotopic (exact) mass is 320 g/mol. The van der Waals surface area contributed by atoms with E-state index in [1.165, 1.54) is 18.4 Å². The molecule has 5 heteroatoms. The van der Waals surface area contributed by atoms with Crippen LogP contribution in [-0.4, -0.2) is 21.0 Å². The Bertz CT molecular complexity index is 924. The molecule has 4 rings (SSSR count). The molecule has 0 spiro atoms. The van der Waals surface area contributed by atoms with Crippen LogP contribution in [0.3, 0.4) is 0 Å². The van der Waals surface area contributed by atoms with E-state index in [0.29, 0.717) is 23.0 Å². The van der Waals surface area contributed by atoms with Crippen LogP contribution in [0.2, 0.25) is 0 Å². The molecule has 122 valence electrons. The normalized spacial score (nSPS) is 15.0. The Morgan fingerprint density at radius 1 is 1.12 bits per heavy atom. The first-order valence-corrected chi connectivity index (χ1v) is 8.43. The van der Waals surface area contributed by atoms with E-state index in [-0.39, 0.29) is 5.56 Å². The van der Waals surface area contributed by atoms with Gasteiger partial charge in [0.1, 0.15) is 0 Å². The summed E-state index contributed by atoms with van der Waals surface area (Å²) in [6.45, 7) is 2.05. The number of nitrogens with zero attached hydrogens (tertiary/aromatic N) is 2. The van der Waals surface area contributed by atoms with E-state index >= 15 is 0 Å². The van der Waals surface area contributed by atoms with Gasteiger partial charge in [-0.1, -0.05) is 42.7 Å². The highest BCUT2D eigenvalue weighted by Gasteiger charge is 2.17. The molecule has 0 unspecified atom stereocenters. The smallest absolute Gasteiger partial charge is 0.262 e. The Labute approximate surface area is 140 Å². The third kappa shape index (κ3) is 2.77. The predicted molar refractivity (Wildman–Crippen MR) is 96.2 cm³/mol. The van der Waals surface area contributed by atoms with Crippen LogP contribution in [0.1, 0.15) is 31.2 Å². The van der Waals surface area contributed by atoms with Crippen LogP contribution in [0.15, 0.2) is 41.3 Å². The molecule has 0 radical (unpaired) electrons. The van der Waals surface area contributed by atoms with Crippen LogP contribution in [0, 0.1) is 6.92 Å². The molecule has 0 saturated heterocycles. The number of fused-ring (bicyclic) bond motifs is 1. The molecule has 5 nitrogen and oxygen atoms in total. The molecule has 3 aromatic rings. The van der Waals surface area contributed by atoms with Gasteiger partial charge in [0.25, 0.3) is 5.56 Å². The standard InChI is InChI=1S/C19H20N4O/c1-12-6-8-13(9-7-12)15-10-11-20-17-16(15)18(24)23-19(22-17)21-14-4-2-3-5-14/h6-11,14H,2-5H2,1H3,(H2,20,21,22,23,24). The van der Waals surface area contributed by atoms with Crippen LogP contribution in [0.25, 0.3) is 22.2 Å². The SMILES string of the molecule is Cc1ccc(-c2ccnc3nc(NC4CCCC4)[nH]c(=O)c23)cc1. The largest absolute Gasteiger partial charge is 0.353 e. The van der Waals surface area contributed by atoms with Crippen LogP contribution in [-0.2, 0) is 0 Å². The van der Waals surface area contributed by atoms with Crippen molar-refractivity contribution in [2.45, 2.75) is 38.6 Å². The molecule has 1 aromatic carbocycles. The van der Waals surface area contributed by atoms with Crippen LogP contribution >= 0.6 is 0 Å². The van der Waals surface area contributed by atoms with Gasteiger partial charge in [0.2, 0.25) is 5.95 Å². The number of aryl methyl sites for hydroxylation is 1. The van der Waals surface area contributed by atoms with E-state index < -0.39 is 0 Å². The van der Waals surface area contributed by atoms with E-state index in [0.717, 1.165) is 24.0 Å². The fraction of sp³-hybridized carbons (Fsp3) is 0.316. The second-order valence-electron chi connectivity index (χ2n) is 6.46. The summed E-state index contributed by atoms with van der Waals surface area (Å²) in [5, 5.41) is 3.87. The van der Waals surface area contributed by atoms with Crippen molar-refractivity contribution in [2.75, 3.05) is 5.32 Å². The Balaban J connectivity index is 1.79. The van der Waals surface area contributed by atoms with Crippen LogP contribution < -0.4 is 10.9 Å². The highest BCUT2D eigenvalue weighted by Crippen LogP contribution is 2.25. The molecule has 2 aromatic heterocycles. The lowest BCUT2D eigenvalue weighted by molar-refractivity contribution is 0.744. The quantitative estimate of drug-likeness (QED) is 0.773. The summed E-state index contributed by atoms with van der Waals surface area (Å²) in [6, 6.07) is 10.4. The highest BCUT2D eigenvalue weighted by molar-refractivity contribution is 5.92. The lowest BCUT2D eigenvalue weighted by Crippen LogP contribution is -2.20. The molecule has 1 fully saturated rings. The van der Waals surface area contributed by atoms with Gasteiger partial charge in [0, 0.05) is 12.2 Å². The summed E-state index contributed by atoms with van der Waals surface area (Å²) in [6.07, 6.45) is 6.41. The molecule has 1 aliphatic carbocycles. The fourth-order valence-electron chi connectivity index (χ4n) is 3.37. The van der Waals surface area contributed by atoms with Gasteiger partial charge >= 0.3 is 0 Å². The Kier molecular flexibility index (Phi) is 3.76. The Morgan fingerprint density at radius 2 is 1.88 bits per heavy atom. The lowest BCUT2D eigenvalue weighted by atomic mass is 10.0. The topological polar surface area (TPSA) is 70.7 Å². The van der Waals surface area contributed by atoms with Crippen LogP contribution in [0.4, 0.5) is 5.95 Å². The number of rotatable bonds is 3. The van der Waals surface area contributed by atoms with Gasteiger partial charge in [-0.15, -0.1) is 0 Å². The Morgan fingerprint density at radius 3 is 2.62 bits per heavy atom. The second kappa shape index (κ2) is 6.07. The summed E-state index contributed by atoms with van der Waals surface area (Å²) >= 11 is 0. The summed E-state index contributed by atoms with van der Waals surface area (Å²) in [5.41, 5.74) is 3.38. The van der Waals surface area contributed by atoms with Crippen LogP contribution in [0.5, 0.6) is 0 Å². The molecule has 2 heterocycles. The first-order chi connectivity index (χ1) is 11.7. The Hall–Kier alpha value is -2.69. The number of hydrogen-bond acceptors (Lipinski definition) is 4. The first kappa shape index (κ1) is 14.9. The van der Waals surface area contributed by atoms with E-state index in [1.807, 2.05) is 37.3 Å². The van der Waals surface area contributed by atoms with Gasteiger partial charge in [-0.3, -0.25) is 9.78 Å². The highest BCUT2D eigenvalue weighted by atomic mass is 16.1. The van der Waals surface area contributed by atoms with Crippen molar-refractivity contribution in [3.8, 4) is 11.1 Å². The molecule has 1 aliphatic rings. The number of hydrogen-bond donors (Lipinski definition) is 2. The number of aromatic amines is 1. The first-order valence-electron chi connectivity index (χ1n) is 8.43. The van der Waals surface area contributed by atoms with E-state index in [9.17, 15) is 4.79 Å². The minimum absolute atomic E-state index is 0.149. The zero-order valence-corrected chi connectivity index (χ0v) is 13.7. The van der Waals surface area contributed by atoms with Gasteiger partial charge in [-0.25, -0.2) is 4.98 Å². The van der Waals surface area contributed by atoms with Gasteiger partial charge in [-0.2, -0.15) is 4.98 Å². The number of aromatic nitrogens is 3. The van der Waals surface area contributed by atoms with Crippen molar-refractivity contribution in [3.63, 3.8) is 0 Å². The maximum absolute atomic E-state index is 12.7. The van der Waals surface area contributed by atoms with Crippen molar-refractivity contribution in [2.24, 2.45) is 0 Å². The average Bonchev–Trinajstić information content (AvgIpc) is 3.08. The molecule has 1 saturated carbocycles. The number of anilines is 1. The third-order valence-corrected chi connectivity index (χ3v) is 4.67. The molecule has 0 atom stereocenters. The van der Waals surface area contributed by atoms with Crippen molar-refractivity contribution in [3.05, 3.63) is 52.4 Å². The van der Waals surface area contributed by atoms with Crippen molar-refractivity contribution >= 4 is 17.0 Å². The van der Waals surface area contributed by atoms with E-state index in [2.05, 4.69) is 20.3 Å². The van der Waals surface area contributed by atoms with Gasteiger partial charge < -0.3 is 5.32 Å². The molecular weight excluding hydrogens is 300 g/mol. The maximum atomic E-state index is 12.7. The molecule has 2 N–H and O–H groups in total. The average molecular weight is 320 g/mol. The summed E-state index contributed by atoms with van der Waals surface area (Å²) in [4.78, 5) is 24.4. The molecule has 0 aliphatic heterocycles. The number of benzene rings is 1. The lowest BCUT2D eigenvalue weighted by Gasteiger charge is -2.13. The van der Waals surface area contributed by atoms with Crippen molar-refractivity contribution < 1.29 is 0 Å². The summed E-state index contributed by atoms with van der Waals surface area (Å²) in [5.74, 6) is 0.521. The molecule has 24 heavy (non-hydrogen) atoms. The zero-order chi connectivity index (χ0) is 16.5. The molecule has 0 bridgehead atoms. The van der Waals surface area contributed by atoms with Crippen molar-refractivity contribution in [1.29, 1.82) is 0 Å². The third-order valence-electron chi connectivity index (χ3n) is 4.67. The molecular formula is C19H20N4O. The van der Waals surface area contributed by atoms with E-state index in [4.69, 9.17) is 0 Å². The number of pyridine rings is 1. The minimum Gasteiger partial charge on any atom is -0.353 e. The van der Waals surface area contributed by atoms with Gasteiger partial charge in [0.05, 0.1) is 5.39 Å². The van der Waals surface area contributed by atoms with Crippen molar-refractivity contribution in [1.82, 2.24) is 15.0 Å². The predicted octanol–water partition coefficient (Wildman–Crippen LogP) is 3.65. The summed E-state index contributed by atoms with van der Waals surface area (Å²) in [7, 11) is 0. The van der Waals surface area contributed by atoms with Gasteiger partial charge in [0.15, 0.2) is 5.65 Å². The number of H-pyrrole nitrogens is 1. The zero-order valence-electron chi connectivity index (χ0n) is 13.7. The van der Waals surface area contributed by atoms with E-state index in [1.54, 1.807) is 6.20 Å².